The van der Waals surface area contributed by atoms with E-state index in [0.29, 0.717) is 10.7 Å². The van der Waals surface area contributed by atoms with Gasteiger partial charge in [-0.05, 0) is 23.6 Å². The van der Waals surface area contributed by atoms with E-state index in [4.69, 9.17) is 5.41 Å². The van der Waals surface area contributed by atoms with Crippen LogP contribution in [-0.4, -0.2) is 10.5 Å². The van der Waals surface area contributed by atoms with Crippen LogP contribution in [0.4, 0.5) is 5.69 Å². The fourth-order valence-corrected chi connectivity index (χ4v) is 2.33. The Bertz CT molecular complexity index is 610. The minimum atomic E-state index is -0.116. The van der Waals surface area contributed by atoms with Gasteiger partial charge in [-0.3, -0.25) is 10.2 Å². The summed E-state index contributed by atoms with van der Waals surface area (Å²) < 4.78 is 1.61. The summed E-state index contributed by atoms with van der Waals surface area (Å²) in [4.78, 5) is 12.2. The number of hydrogen-bond acceptors (Lipinski definition) is 3. The molecule has 0 bridgehead atoms. The molecule has 100 valence electrons. The standard InChI is InChI=1S/C14H17N3OS/c1-10(2)11-3-5-12(6-4-11)16-13(18)9-17-7-8-19-14(17)15/h3-8,10,15H,9H2,1-2H3,(H,16,18). The highest BCUT2D eigenvalue weighted by Crippen LogP contribution is 2.17. The van der Waals surface area contributed by atoms with E-state index >= 15 is 0 Å². The largest absolute Gasteiger partial charge is 0.325 e. The van der Waals surface area contributed by atoms with Crippen molar-refractivity contribution in [2.45, 2.75) is 26.3 Å². The number of rotatable bonds is 4. The van der Waals surface area contributed by atoms with Crippen LogP contribution in [-0.2, 0) is 11.3 Å². The van der Waals surface area contributed by atoms with Gasteiger partial charge in [-0.1, -0.05) is 26.0 Å². The van der Waals surface area contributed by atoms with Crippen LogP contribution in [0.2, 0.25) is 0 Å². The molecule has 0 aliphatic carbocycles. The van der Waals surface area contributed by atoms with Crippen molar-refractivity contribution in [1.82, 2.24) is 4.57 Å². The second kappa shape index (κ2) is 5.84. The molecule has 0 aliphatic rings. The first-order valence-electron chi connectivity index (χ1n) is 6.14. The summed E-state index contributed by atoms with van der Waals surface area (Å²) in [7, 11) is 0. The van der Waals surface area contributed by atoms with Gasteiger partial charge in [-0.25, -0.2) is 0 Å². The lowest BCUT2D eigenvalue weighted by molar-refractivity contribution is -0.116. The number of nitrogens with one attached hydrogen (secondary N) is 2. The van der Waals surface area contributed by atoms with E-state index in [1.807, 2.05) is 24.3 Å². The van der Waals surface area contributed by atoms with Gasteiger partial charge in [0.15, 0.2) is 4.80 Å². The second-order valence-electron chi connectivity index (χ2n) is 4.66. The number of hydrogen-bond donors (Lipinski definition) is 2. The normalized spacial score (nSPS) is 10.7. The van der Waals surface area contributed by atoms with E-state index in [2.05, 4.69) is 19.2 Å². The zero-order chi connectivity index (χ0) is 13.8. The second-order valence-corrected chi connectivity index (χ2v) is 5.56. The maximum Gasteiger partial charge on any atom is 0.244 e. The van der Waals surface area contributed by atoms with Gasteiger partial charge in [0.2, 0.25) is 5.91 Å². The number of benzene rings is 1. The molecule has 0 saturated heterocycles. The predicted molar refractivity (Wildman–Crippen MR) is 77.3 cm³/mol. The van der Waals surface area contributed by atoms with Crippen LogP contribution in [0.3, 0.4) is 0 Å². The molecule has 1 aromatic carbocycles. The maximum atomic E-state index is 11.8. The minimum Gasteiger partial charge on any atom is -0.325 e. The number of carbonyl (C=O) groups is 1. The molecule has 0 fully saturated rings. The molecule has 2 N–H and O–H groups in total. The van der Waals surface area contributed by atoms with Crippen LogP contribution in [0.25, 0.3) is 0 Å². The van der Waals surface area contributed by atoms with Crippen molar-refractivity contribution in [2.24, 2.45) is 0 Å². The monoisotopic (exact) mass is 275 g/mol. The first-order valence-corrected chi connectivity index (χ1v) is 7.02. The zero-order valence-electron chi connectivity index (χ0n) is 11.0. The van der Waals surface area contributed by atoms with E-state index < -0.39 is 0 Å². The summed E-state index contributed by atoms with van der Waals surface area (Å²) in [5, 5.41) is 12.2. The Hall–Kier alpha value is -1.88. The number of carbonyl (C=O) groups excluding carboxylic acids is 1. The number of amides is 1. The Labute approximate surface area is 116 Å². The van der Waals surface area contributed by atoms with Gasteiger partial charge in [0.05, 0.1) is 0 Å². The fourth-order valence-electron chi connectivity index (χ4n) is 1.73. The van der Waals surface area contributed by atoms with Crippen LogP contribution < -0.4 is 10.1 Å². The van der Waals surface area contributed by atoms with Crippen molar-refractivity contribution in [1.29, 1.82) is 5.41 Å². The summed E-state index contributed by atoms with van der Waals surface area (Å²) >= 11 is 1.31. The molecule has 1 heterocycles. The van der Waals surface area contributed by atoms with Crippen molar-refractivity contribution in [3.8, 4) is 0 Å². The van der Waals surface area contributed by atoms with E-state index in [0.717, 1.165) is 5.69 Å². The average Bonchev–Trinajstić information content (AvgIpc) is 2.75. The summed E-state index contributed by atoms with van der Waals surface area (Å²) in [6, 6.07) is 7.86. The van der Waals surface area contributed by atoms with Crippen LogP contribution in [0, 0.1) is 5.41 Å². The van der Waals surface area contributed by atoms with E-state index in [9.17, 15) is 4.79 Å². The number of aromatic nitrogens is 1. The highest BCUT2D eigenvalue weighted by Gasteiger charge is 2.05. The summed E-state index contributed by atoms with van der Waals surface area (Å²) in [6.07, 6.45) is 1.74. The molecule has 5 heteroatoms. The number of thiazole rings is 1. The van der Waals surface area contributed by atoms with Crippen molar-refractivity contribution >= 4 is 22.9 Å². The van der Waals surface area contributed by atoms with Crippen molar-refractivity contribution in [3.05, 3.63) is 46.2 Å². The van der Waals surface area contributed by atoms with Gasteiger partial charge in [-0.2, -0.15) is 0 Å². The van der Waals surface area contributed by atoms with Crippen LogP contribution in [0.1, 0.15) is 25.3 Å². The van der Waals surface area contributed by atoms with Gasteiger partial charge in [0, 0.05) is 17.3 Å². The van der Waals surface area contributed by atoms with E-state index in [-0.39, 0.29) is 12.5 Å². The molecule has 1 amide bonds. The summed E-state index contributed by atoms with van der Waals surface area (Å²) in [6.45, 7) is 4.45. The zero-order valence-corrected chi connectivity index (χ0v) is 11.8. The Balaban J connectivity index is 1.99. The lowest BCUT2D eigenvalue weighted by Gasteiger charge is -2.08. The molecular weight excluding hydrogens is 258 g/mol. The van der Waals surface area contributed by atoms with E-state index in [1.54, 1.807) is 16.1 Å². The molecule has 0 spiro atoms. The van der Waals surface area contributed by atoms with Crippen LogP contribution in [0.15, 0.2) is 35.8 Å². The number of nitrogens with zero attached hydrogens (tertiary/aromatic N) is 1. The first kappa shape index (κ1) is 13.5. The smallest absolute Gasteiger partial charge is 0.244 e. The summed E-state index contributed by atoms with van der Waals surface area (Å²) in [5.74, 6) is 0.367. The van der Waals surface area contributed by atoms with Gasteiger partial charge in [-0.15, -0.1) is 11.3 Å². The van der Waals surface area contributed by atoms with Crippen molar-refractivity contribution < 1.29 is 4.79 Å². The molecule has 19 heavy (non-hydrogen) atoms. The highest BCUT2D eigenvalue weighted by atomic mass is 32.1. The lowest BCUT2D eigenvalue weighted by Crippen LogP contribution is -2.23. The SMILES string of the molecule is CC(C)c1ccc(NC(=O)Cn2ccsc2=N)cc1. The molecule has 4 nitrogen and oxygen atoms in total. The Morgan fingerprint density at radius 2 is 2.05 bits per heavy atom. The molecule has 2 rings (SSSR count). The first-order chi connectivity index (χ1) is 9.06. The molecule has 1 aromatic heterocycles. The predicted octanol–water partition coefficient (Wildman–Crippen LogP) is 2.79. The highest BCUT2D eigenvalue weighted by molar-refractivity contribution is 7.06. The van der Waals surface area contributed by atoms with Gasteiger partial charge < -0.3 is 9.88 Å². The average molecular weight is 275 g/mol. The Kier molecular flexibility index (Phi) is 4.16. The van der Waals surface area contributed by atoms with E-state index in [1.165, 1.54) is 16.9 Å². The molecule has 0 saturated carbocycles. The van der Waals surface area contributed by atoms with Gasteiger partial charge >= 0.3 is 0 Å². The topological polar surface area (TPSA) is 57.9 Å². The molecular formula is C14H17N3OS. The third-order valence-corrected chi connectivity index (χ3v) is 3.57. The van der Waals surface area contributed by atoms with Crippen molar-refractivity contribution in [3.63, 3.8) is 0 Å². The lowest BCUT2D eigenvalue weighted by atomic mass is 10.0. The molecule has 2 aromatic rings. The molecule has 0 atom stereocenters. The molecule has 0 unspecified atom stereocenters. The fraction of sp³-hybridized carbons (Fsp3) is 0.286. The quantitative estimate of drug-likeness (QED) is 0.885. The summed E-state index contributed by atoms with van der Waals surface area (Å²) in [5.41, 5.74) is 2.04. The number of anilines is 1. The Morgan fingerprint density at radius 3 is 2.58 bits per heavy atom. The minimum absolute atomic E-state index is 0.116. The van der Waals surface area contributed by atoms with Crippen molar-refractivity contribution in [2.75, 3.05) is 5.32 Å². The molecule has 0 aliphatic heterocycles. The van der Waals surface area contributed by atoms with Gasteiger partial charge in [0.25, 0.3) is 0 Å². The molecule has 0 radical (unpaired) electrons. The van der Waals surface area contributed by atoms with Gasteiger partial charge in [0.1, 0.15) is 6.54 Å². The third-order valence-electron chi connectivity index (χ3n) is 2.86. The third kappa shape index (κ3) is 3.54. The Morgan fingerprint density at radius 1 is 1.37 bits per heavy atom. The maximum absolute atomic E-state index is 11.8. The van der Waals surface area contributed by atoms with Crippen LogP contribution in [0.5, 0.6) is 0 Å². The van der Waals surface area contributed by atoms with Crippen LogP contribution >= 0.6 is 11.3 Å².